The van der Waals surface area contributed by atoms with Gasteiger partial charge in [-0.15, -0.1) is 5.10 Å². The number of aromatic nitrogens is 5. The predicted octanol–water partition coefficient (Wildman–Crippen LogP) is 1.67. The van der Waals surface area contributed by atoms with E-state index in [1.807, 2.05) is 0 Å². The van der Waals surface area contributed by atoms with E-state index >= 15 is 0 Å². The zero-order valence-electron chi connectivity index (χ0n) is 10.4. The van der Waals surface area contributed by atoms with Crippen molar-refractivity contribution in [3.8, 4) is 11.5 Å². The summed E-state index contributed by atoms with van der Waals surface area (Å²) in [6, 6.07) is 2.97. The van der Waals surface area contributed by atoms with Crippen LogP contribution in [0.5, 0.6) is 0 Å². The Morgan fingerprint density at radius 1 is 1.42 bits per heavy atom. The van der Waals surface area contributed by atoms with Gasteiger partial charge in [0.25, 0.3) is 0 Å². The number of carboxylic acid groups (broad SMARTS) is 1. The molecule has 7 nitrogen and oxygen atoms in total. The van der Waals surface area contributed by atoms with Crippen LogP contribution in [0.15, 0.2) is 18.3 Å². The van der Waals surface area contributed by atoms with Gasteiger partial charge in [-0.25, -0.2) is 4.68 Å². The fourth-order valence-electron chi connectivity index (χ4n) is 1.56. The van der Waals surface area contributed by atoms with E-state index in [-0.39, 0.29) is 6.04 Å². The van der Waals surface area contributed by atoms with Crippen molar-refractivity contribution in [2.75, 3.05) is 0 Å². The first kappa shape index (κ1) is 13.4. The lowest BCUT2D eigenvalue weighted by atomic mass is 10.0. The van der Waals surface area contributed by atoms with Gasteiger partial charge in [0.05, 0.1) is 17.0 Å². The van der Waals surface area contributed by atoms with Crippen molar-refractivity contribution in [1.82, 2.24) is 25.2 Å². The molecule has 0 fully saturated rings. The molecule has 8 heteroatoms. The van der Waals surface area contributed by atoms with E-state index < -0.39 is 11.9 Å². The van der Waals surface area contributed by atoms with E-state index in [1.54, 1.807) is 26.0 Å². The van der Waals surface area contributed by atoms with Crippen LogP contribution in [0, 0.1) is 5.92 Å². The lowest BCUT2D eigenvalue weighted by Crippen LogP contribution is -2.23. The zero-order valence-corrected chi connectivity index (χ0v) is 11.1. The second-order valence-electron chi connectivity index (χ2n) is 4.18. The molecular formula is C11H12ClN5O2. The molecule has 0 saturated carbocycles. The van der Waals surface area contributed by atoms with Crippen LogP contribution in [0.25, 0.3) is 11.5 Å². The summed E-state index contributed by atoms with van der Waals surface area (Å²) in [7, 11) is 0. The number of hydrogen-bond acceptors (Lipinski definition) is 5. The maximum absolute atomic E-state index is 11.0. The molecule has 2 atom stereocenters. The first-order valence-corrected chi connectivity index (χ1v) is 6.01. The van der Waals surface area contributed by atoms with Crippen molar-refractivity contribution < 1.29 is 9.90 Å². The molecule has 2 aromatic rings. The van der Waals surface area contributed by atoms with Gasteiger partial charge < -0.3 is 5.11 Å². The Hall–Kier alpha value is -2.02. The molecule has 19 heavy (non-hydrogen) atoms. The smallest absolute Gasteiger partial charge is 0.308 e. The maximum atomic E-state index is 11.0. The SMILES string of the molecule is CC(C(=O)O)C(C)n1nnnc1-c1ccc(Cl)cn1. The average Bonchev–Trinajstić information content (AvgIpc) is 2.87. The quantitative estimate of drug-likeness (QED) is 0.916. The maximum Gasteiger partial charge on any atom is 0.308 e. The molecule has 0 spiro atoms. The summed E-state index contributed by atoms with van der Waals surface area (Å²) in [4.78, 5) is 15.1. The third-order valence-corrected chi connectivity index (χ3v) is 3.17. The van der Waals surface area contributed by atoms with Crippen molar-refractivity contribution in [3.05, 3.63) is 23.4 Å². The number of rotatable bonds is 4. The van der Waals surface area contributed by atoms with Crippen LogP contribution in [0.4, 0.5) is 0 Å². The van der Waals surface area contributed by atoms with Crippen LogP contribution in [-0.4, -0.2) is 36.3 Å². The summed E-state index contributed by atoms with van der Waals surface area (Å²) in [5, 5.41) is 20.8. The van der Waals surface area contributed by atoms with Gasteiger partial charge in [-0.3, -0.25) is 9.78 Å². The molecular weight excluding hydrogens is 270 g/mol. The van der Waals surface area contributed by atoms with E-state index in [4.69, 9.17) is 16.7 Å². The van der Waals surface area contributed by atoms with Crippen LogP contribution in [0.2, 0.25) is 5.02 Å². The Bertz CT molecular complexity index is 583. The Balaban J connectivity index is 2.37. The molecule has 0 radical (unpaired) electrons. The van der Waals surface area contributed by atoms with Gasteiger partial charge in [-0.1, -0.05) is 11.6 Å². The number of hydrogen-bond donors (Lipinski definition) is 1. The molecule has 2 unspecified atom stereocenters. The summed E-state index contributed by atoms with van der Waals surface area (Å²) < 4.78 is 1.45. The molecule has 100 valence electrons. The number of carbonyl (C=O) groups is 1. The van der Waals surface area contributed by atoms with Gasteiger partial charge in [0.15, 0.2) is 0 Å². The molecule has 0 aliphatic rings. The van der Waals surface area contributed by atoms with Gasteiger partial charge in [0, 0.05) is 6.20 Å². The van der Waals surface area contributed by atoms with Crippen molar-refractivity contribution >= 4 is 17.6 Å². The normalized spacial score (nSPS) is 14.1. The number of carboxylic acids is 1. The molecule has 2 heterocycles. The van der Waals surface area contributed by atoms with E-state index in [1.165, 1.54) is 10.9 Å². The monoisotopic (exact) mass is 281 g/mol. The lowest BCUT2D eigenvalue weighted by molar-refractivity contribution is -0.142. The fraction of sp³-hybridized carbons (Fsp3) is 0.364. The minimum atomic E-state index is -0.905. The lowest BCUT2D eigenvalue weighted by Gasteiger charge is -2.16. The van der Waals surface area contributed by atoms with Crippen LogP contribution in [0.3, 0.4) is 0 Å². The predicted molar refractivity (Wildman–Crippen MR) is 67.6 cm³/mol. The first-order chi connectivity index (χ1) is 9.00. The first-order valence-electron chi connectivity index (χ1n) is 5.63. The molecule has 0 amide bonds. The van der Waals surface area contributed by atoms with Crippen molar-refractivity contribution in [2.24, 2.45) is 5.92 Å². The van der Waals surface area contributed by atoms with Crippen molar-refractivity contribution in [3.63, 3.8) is 0 Å². The topological polar surface area (TPSA) is 93.8 Å². The van der Waals surface area contributed by atoms with Crippen LogP contribution in [0.1, 0.15) is 19.9 Å². The zero-order chi connectivity index (χ0) is 14.0. The highest BCUT2D eigenvalue weighted by atomic mass is 35.5. The van der Waals surface area contributed by atoms with Crippen molar-refractivity contribution in [2.45, 2.75) is 19.9 Å². The number of tetrazole rings is 1. The third kappa shape index (κ3) is 2.70. The minimum absolute atomic E-state index is 0.389. The molecule has 0 aromatic carbocycles. The summed E-state index contributed by atoms with van der Waals surface area (Å²) in [6.07, 6.45) is 1.49. The number of aliphatic carboxylic acids is 1. The second-order valence-corrected chi connectivity index (χ2v) is 4.61. The molecule has 0 aliphatic heterocycles. The van der Waals surface area contributed by atoms with E-state index in [2.05, 4.69) is 20.5 Å². The number of nitrogens with zero attached hydrogens (tertiary/aromatic N) is 5. The Kier molecular flexibility index (Phi) is 3.75. The van der Waals surface area contributed by atoms with Crippen LogP contribution < -0.4 is 0 Å². The standard InChI is InChI=1S/C11H12ClN5O2/c1-6(11(18)19)7(2)17-10(14-15-16-17)9-4-3-8(12)5-13-9/h3-7H,1-2H3,(H,18,19). The van der Waals surface area contributed by atoms with E-state index in [9.17, 15) is 4.79 Å². The Morgan fingerprint density at radius 3 is 2.74 bits per heavy atom. The molecule has 0 aliphatic carbocycles. The van der Waals surface area contributed by atoms with Gasteiger partial charge in [0.2, 0.25) is 5.82 Å². The Morgan fingerprint density at radius 2 is 2.16 bits per heavy atom. The minimum Gasteiger partial charge on any atom is -0.481 e. The second kappa shape index (κ2) is 5.31. The highest BCUT2D eigenvalue weighted by molar-refractivity contribution is 6.30. The average molecular weight is 282 g/mol. The van der Waals surface area contributed by atoms with E-state index in [0.29, 0.717) is 16.5 Å². The van der Waals surface area contributed by atoms with Gasteiger partial charge in [-0.05, 0) is 36.4 Å². The van der Waals surface area contributed by atoms with Gasteiger partial charge in [0.1, 0.15) is 5.69 Å². The highest BCUT2D eigenvalue weighted by Gasteiger charge is 2.25. The molecule has 0 bridgehead atoms. The van der Waals surface area contributed by atoms with Crippen molar-refractivity contribution in [1.29, 1.82) is 0 Å². The summed E-state index contributed by atoms with van der Waals surface area (Å²) in [6.45, 7) is 3.35. The molecule has 2 aromatic heterocycles. The summed E-state index contributed by atoms with van der Waals surface area (Å²) in [5.74, 6) is -1.11. The number of pyridine rings is 1. The molecule has 2 rings (SSSR count). The highest BCUT2D eigenvalue weighted by Crippen LogP contribution is 2.23. The summed E-state index contributed by atoms with van der Waals surface area (Å²) >= 11 is 5.77. The molecule has 1 N–H and O–H groups in total. The van der Waals surface area contributed by atoms with Crippen LogP contribution in [-0.2, 0) is 4.79 Å². The third-order valence-electron chi connectivity index (χ3n) is 2.95. The fourth-order valence-corrected chi connectivity index (χ4v) is 1.67. The number of halogens is 1. The Labute approximate surface area is 114 Å². The summed E-state index contributed by atoms with van der Waals surface area (Å²) in [5.41, 5.74) is 0.541. The largest absolute Gasteiger partial charge is 0.481 e. The van der Waals surface area contributed by atoms with E-state index in [0.717, 1.165) is 0 Å². The van der Waals surface area contributed by atoms with Crippen LogP contribution >= 0.6 is 11.6 Å². The van der Waals surface area contributed by atoms with Gasteiger partial charge >= 0.3 is 5.97 Å². The van der Waals surface area contributed by atoms with Gasteiger partial charge in [-0.2, -0.15) is 0 Å². The molecule has 0 saturated heterocycles.